The number of benzene rings is 4. The Morgan fingerprint density at radius 1 is 0.354 bits per heavy atom. The monoisotopic (exact) mass is 756 g/mol. The zero-order chi connectivity index (χ0) is 32.9. The molecule has 0 fully saturated rings. The predicted molar refractivity (Wildman–Crippen MR) is 204 cm³/mol. The van der Waals surface area contributed by atoms with Gasteiger partial charge in [-0.3, -0.25) is 0 Å². The number of hydrogen-bond acceptors (Lipinski definition) is 12. The second kappa shape index (κ2) is 16.2. The molecule has 0 saturated carbocycles. The maximum absolute atomic E-state index is 6.39. The third-order valence-electron chi connectivity index (χ3n) is 7.87. The molecule has 0 aliphatic carbocycles. The molecule has 4 aromatic carbocycles. The quantitative estimate of drug-likeness (QED) is 0.187. The van der Waals surface area contributed by atoms with Crippen molar-refractivity contribution in [1.82, 2.24) is 0 Å². The zero-order valence-corrected chi connectivity index (χ0v) is 31.9. The molecule has 12 bridgehead atoms. The van der Waals surface area contributed by atoms with Crippen molar-refractivity contribution < 1.29 is 28.4 Å². The number of thioether (sulfide) groups is 6. The van der Waals surface area contributed by atoms with Gasteiger partial charge in [0.2, 0.25) is 20.4 Å². The minimum atomic E-state index is 0.0377. The van der Waals surface area contributed by atoms with Crippen LogP contribution in [-0.4, -0.2) is 39.1 Å². The highest BCUT2D eigenvalue weighted by Gasteiger charge is 2.20. The largest absolute Gasteiger partial charge is 0.456 e. The molecule has 12 heteroatoms. The van der Waals surface area contributed by atoms with Gasteiger partial charge in [-0.25, -0.2) is 0 Å². The topological polar surface area (TPSA) is 55.4 Å². The summed E-state index contributed by atoms with van der Waals surface area (Å²) in [5.41, 5.74) is 7.41. The van der Waals surface area contributed by atoms with Crippen LogP contribution in [0.5, 0.6) is 34.5 Å². The average molecular weight is 757 g/mol. The second-order valence-electron chi connectivity index (χ2n) is 11.2. The van der Waals surface area contributed by atoms with Gasteiger partial charge in [-0.2, -0.15) is 35.3 Å². The minimum Gasteiger partial charge on any atom is -0.456 e. The fourth-order valence-electron chi connectivity index (χ4n) is 5.81. The van der Waals surface area contributed by atoms with E-state index in [-0.39, 0.29) is 20.4 Å². The van der Waals surface area contributed by atoms with Crippen molar-refractivity contribution in [3.05, 3.63) is 88.0 Å². The highest BCUT2D eigenvalue weighted by atomic mass is 32.2. The van der Waals surface area contributed by atoms with Crippen molar-refractivity contribution in [2.45, 2.75) is 49.2 Å². The standard InChI is InChI=1S/C36H36O6S6/c1-43-34-28-7-25-8-29(34)38-20-40-31-10-27-12-33(36(31)45-3)42-21-41-32-11-26(9-30(35(32)44-2)39-19-37-28)17-47-14-23-4-22(13-46-16-25)5-24(6-23)15-48-18-27/h4-12H,13-21H2,1-3H3. The van der Waals surface area contributed by atoms with E-state index >= 15 is 0 Å². The Labute approximate surface area is 307 Å². The molecule has 0 radical (unpaired) electrons. The van der Waals surface area contributed by atoms with Gasteiger partial charge >= 0.3 is 0 Å². The third-order valence-corrected chi connectivity index (χ3v) is 13.5. The lowest BCUT2D eigenvalue weighted by Gasteiger charge is -2.22. The fourth-order valence-corrected chi connectivity index (χ4v) is 10.4. The summed E-state index contributed by atoms with van der Waals surface area (Å²) in [6.45, 7) is 0.113. The molecule has 6 nitrogen and oxygen atoms in total. The average Bonchev–Trinajstić information content (AvgIpc) is 3.07. The molecule has 4 aromatic rings. The first kappa shape index (κ1) is 34.2. The first-order chi connectivity index (χ1) is 23.6. The van der Waals surface area contributed by atoms with E-state index in [4.69, 9.17) is 28.4 Å². The van der Waals surface area contributed by atoms with E-state index in [2.05, 4.69) is 54.6 Å². The summed E-state index contributed by atoms with van der Waals surface area (Å²) in [5.74, 6) is 9.54. The third kappa shape index (κ3) is 8.05. The Hall–Kier alpha value is -2.22. The zero-order valence-electron chi connectivity index (χ0n) is 27.0. The maximum atomic E-state index is 6.39. The summed E-state index contributed by atoms with van der Waals surface area (Å²) in [5, 5.41) is 0. The summed E-state index contributed by atoms with van der Waals surface area (Å²) in [4.78, 5) is 2.70. The lowest BCUT2D eigenvalue weighted by Crippen LogP contribution is -2.12. The Morgan fingerprint density at radius 3 is 0.771 bits per heavy atom. The molecule has 0 spiro atoms. The SMILES string of the molecule is CSc1c2cc3cc1OCOc1cc4cc(c1SC)OCOc1cc(cc(c1SC)OCO2)CSCc1cc(cc(c1)CSC4)CSC3. The van der Waals surface area contributed by atoms with Crippen LogP contribution in [0.2, 0.25) is 0 Å². The molecule has 252 valence electrons. The van der Waals surface area contributed by atoms with Gasteiger partial charge in [0.15, 0.2) is 0 Å². The minimum absolute atomic E-state index is 0.0377. The van der Waals surface area contributed by atoms with E-state index < -0.39 is 0 Å². The predicted octanol–water partition coefficient (Wildman–Crippen LogP) is 10.3. The van der Waals surface area contributed by atoms with Crippen LogP contribution in [0.3, 0.4) is 0 Å². The van der Waals surface area contributed by atoms with Gasteiger partial charge < -0.3 is 28.4 Å². The maximum Gasteiger partial charge on any atom is 0.231 e. The van der Waals surface area contributed by atoms with E-state index in [1.165, 1.54) is 16.7 Å². The van der Waals surface area contributed by atoms with E-state index in [0.29, 0.717) is 0 Å². The van der Waals surface area contributed by atoms with Crippen LogP contribution in [0.4, 0.5) is 0 Å². The summed E-state index contributed by atoms with van der Waals surface area (Å²) >= 11 is 10.5. The summed E-state index contributed by atoms with van der Waals surface area (Å²) < 4.78 is 38.4. The van der Waals surface area contributed by atoms with Crippen LogP contribution < -0.4 is 28.4 Å². The molecular weight excluding hydrogens is 721 g/mol. The van der Waals surface area contributed by atoms with Crippen molar-refractivity contribution in [3.8, 4) is 34.5 Å². The number of ether oxygens (including phenoxy) is 6. The summed E-state index contributed by atoms with van der Waals surface area (Å²) in [6, 6.07) is 19.8. The highest BCUT2D eigenvalue weighted by molar-refractivity contribution is 7.99. The molecule has 0 atom stereocenters. The van der Waals surface area contributed by atoms with Crippen LogP contribution >= 0.6 is 70.6 Å². The van der Waals surface area contributed by atoms with Gasteiger partial charge in [0.25, 0.3) is 0 Å². The molecule has 0 N–H and O–H groups in total. The molecular formula is C36H36O6S6. The van der Waals surface area contributed by atoms with Crippen molar-refractivity contribution in [1.29, 1.82) is 0 Å². The Balaban J connectivity index is 1.43. The normalized spacial score (nSPS) is 16.1. The molecule has 8 rings (SSSR count). The van der Waals surface area contributed by atoms with Crippen LogP contribution in [0.25, 0.3) is 0 Å². The van der Waals surface area contributed by atoms with Gasteiger partial charge in [0, 0.05) is 34.5 Å². The molecule has 0 amide bonds. The van der Waals surface area contributed by atoms with Crippen molar-refractivity contribution in [2.75, 3.05) is 39.1 Å². The van der Waals surface area contributed by atoms with Gasteiger partial charge in [0.1, 0.15) is 34.5 Å². The second-order valence-corrected chi connectivity index (χ2v) is 16.6. The van der Waals surface area contributed by atoms with E-state index in [1.807, 2.05) is 54.1 Å². The number of fused-ring (bicyclic) bond motifs is 12. The first-order valence-corrected chi connectivity index (χ1v) is 22.5. The summed E-state index contributed by atoms with van der Waals surface area (Å²) in [6.07, 6.45) is 6.10. The lowest BCUT2D eigenvalue weighted by atomic mass is 10.1. The molecule has 4 heterocycles. The van der Waals surface area contributed by atoms with E-state index in [9.17, 15) is 0 Å². The van der Waals surface area contributed by atoms with E-state index in [1.54, 1.807) is 35.3 Å². The molecule has 4 aliphatic rings. The van der Waals surface area contributed by atoms with Crippen LogP contribution in [0.1, 0.15) is 33.4 Å². The van der Waals surface area contributed by atoms with Gasteiger partial charge in [-0.1, -0.05) is 18.2 Å². The summed E-state index contributed by atoms with van der Waals surface area (Å²) in [7, 11) is 0. The van der Waals surface area contributed by atoms with Crippen LogP contribution in [-0.2, 0) is 34.5 Å². The van der Waals surface area contributed by atoms with Crippen molar-refractivity contribution in [2.24, 2.45) is 0 Å². The van der Waals surface area contributed by atoms with E-state index in [0.717, 1.165) is 100 Å². The van der Waals surface area contributed by atoms with Crippen LogP contribution in [0, 0.1) is 0 Å². The van der Waals surface area contributed by atoms with Gasteiger partial charge in [0.05, 0.1) is 14.7 Å². The van der Waals surface area contributed by atoms with Crippen molar-refractivity contribution in [3.63, 3.8) is 0 Å². The molecule has 48 heavy (non-hydrogen) atoms. The first-order valence-electron chi connectivity index (χ1n) is 15.3. The Morgan fingerprint density at radius 2 is 0.562 bits per heavy atom. The van der Waals surface area contributed by atoms with Crippen LogP contribution in [0.15, 0.2) is 69.3 Å². The molecule has 0 aromatic heterocycles. The lowest BCUT2D eigenvalue weighted by molar-refractivity contribution is 0.0954. The molecule has 4 aliphatic heterocycles. The number of hydrogen-bond donors (Lipinski definition) is 0. The smallest absolute Gasteiger partial charge is 0.231 e. The number of rotatable bonds is 3. The highest BCUT2D eigenvalue weighted by Crippen LogP contribution is 2.44. The Bertz CT molecular complexity index is 1490. The fraction of sp³-hybridized carbons (Fsp3) is 0.333. The van der Waals surface area contributed by atoms with Crippen molar-refractivity contribution >= 4 is 70.6 Å². The molecule has 0 unspecified atom stereocenters. The van der Waals surface area contributed by atoms with Gasteiger partial charge in [-0.05, 0) is 88.5 Å². The molecule has 0 saturated heterocycles. The van der Waals surface area contributed by atoms with Gasteiger partial charge in [-0.15, -0.1) is 35.3 Å². The Kier molecular flexibility index (Phi) is 11.6.